The van der Waals surface area contributed by atoms with E-state index in [-0.39, 0.29) is 17.3 Å². The van der Waals surface area contributed by atoms with Crippen molar-refractivity contribution in [3.63, 3.8) is 0 Å². The minimum atomic E-state index is -0.168. The van der Waals surface area contributed by atoms with E-state index in [1.165, 1.54) is 29.1 Å². The largest absolute Gasteiger partial charge is 0.469 e. The first-order valence-corrected chi connectivity index (χ1v) is 10.7. The molecule has 1 unspecified atom stereocenters. The van der Waals surface area contributed by atoms with Crippen molar-refractivity contribution in [3.8, 4) is 0 Å². The van der Waals surface area contributed by atoms with Crippen molar-refractivity contribution in [2.24, 2.45) is 0 Å². The van der Waals surface area contributed by atoms with Crippen molar-refractivity contribution in [2.45, 2.75) is 31.1 Å². The average molecular weight is 401 g/mol. The summed E-state index contributed by atoms with van der Waals surface area (Å²) in [6, 6.07) is 12.7. The van der Waals surface area contributed by atoms with Gasteiger partial charge in [-0.2, -0.15) is 0 Å². The number of rotatable bonds is 8. The van der Waals surface area contributed by atoms with E-state index in [1.807, 2.05) is 4.90 Å². The number of hydrogen-bond acceptors (Lipinski definition) is 5. The fourth-order valence-corrected chi connectivity index (χ4v) is 4.95. The fraction of sp³-hybridized carbons (Fsp3) is 0.455. The van der Waals surface area contributed by atoms with Gasteiger partial charge in [0.2, 0.25) is 5.91 Å². The van der Waals surface area contributed by atoms with E-state index in [0.717, 1.165) is 25.8 Å². The molecule has 1 aliphatic heterocycles. The molecule has 5 nitrogen and oxygen atoms in total. The Labute approximate surface area is 171 Å². The van der Waals surface area contributed by atoms with Gasteiger partial charge in [-0.3, -0.25) is 9.59 Å². The van der Waals surface area contributed by atoms with Crippen molar-refractivity contribution in [1.29, 1.82) is 0 Å². The van der Waals surface area contributed by atoms with Crippen molar-refractivity contribution in [3.05, 3.63) is 42.0 Å². The number of unbranched alkanes of at least 4 members (excludes halogenated alkanes) is 2. The summed E-state index contributed by atoms with van der Waals surface area (Å²) < 4.78 is 4.68. The number of thioether (sulfide) groups is 1. The lowest BCUT2D eigenvalue weighted by atomic mass is 10.0. The van der Waals surface area contributed by atoms with Gasteiger partial charge in [0.15, 0.2) is 0 Å². The smallest absolute Gasteiger partial charge is 0.305 e. The van der Waals surface area contributed by atoms with Gasteiger partial charge in [-0.1, -0.05) is 36.8 Å². The Hall–Kier alpha value is -2.21. The van der Waals surface area contributed by atoms with Crippen LogP contribution in [0.15, 0.2) is 36.4 Å². The molecule has 1 aliphatic rings. The Morgan fingerprint density at radius 2 is 1.89 bits per heavy atom. The standard InChI is InChI=1S/C22H28N2O3S/c1-23(2)19-13-12-18(16-9-6-7-10-17(16)19)22-24(20(25)15-28-22)14-8-4-5-11-21(26)27-3/h6-7,9-10,12-13,22H,4-5,8,11,14-15H2,1-3H3. The van der Waals surface area contributed by atoms with Crippen LogP contribution in [0.4, 0.5) is 5.69 Å². The molecule has 0 aromatic heterocycles. The van der Waals surface area contributed by atoms with Gasteiger partial charge in [0.1, 0.15) is 5.37 Å². The zero-order valence-electron chi connectivity index (χ0n) is 16.8. The summed E-state index contributed by atoms with van der Waals surface area (Å²) in [5.41, 5.74) is 2.38. The summed E-state index contributed by atoms with van der Waals surface area (Å²) in [6.07, 6.45) is 3.05. The van der Waals surface area contributed by atoms with Gasteiger partial charge in [-0.15, -0.1) is 11.8 Å². The van der Waals surface area contributed by atoms with Crippen LogP contribution in [0.2, 0.25) is 0 Å². The highest BCUT2D eigenvalue weighted by molar-refractivity contribution is 8.00. The molecular weight excluding hydrogens is 372 g/mol. The molecule has 0 bridgehead atoms. The Morgan fingerprint density at radius 3 is 2.61 bits per heavy atom. The number of benzene rings is 2. The van der Waals surface area contributed by atoms with E-state index < -0.39 is 0 Å². The van der Waals surface area contributed by atoms with E-state index in [0.29, 0.717) is 12.2 Å². The van der Waals surface area contributed by atoms with Crippen LogP contribution in [0.25, 0.3) is 10.8 Å². The number of nitrogens with zero attached hydrogens (tertiary/aromatic N) is 2. The van der Waals surface area contributed by atoms with Gasteiger partial charge in [0, 0.05) is 38.1 Å². The predicted octanol–water partition coefficient (Wildman–Crippen LogP) is 4.21. The van der Waals surface area contributed by atoms with Crippen LogP contribution in [0, 0.1) is 0 Å². The van der Waals surface area contributed by atoms with Crippen LogP contribution < -0.4 is 4.90 Å². The highest BCUT2D eigenvalue weighted by Crippen LogP contribution is 2.43. The minimum absolute atomic E-state index is 0.0502. The van der Waals surface area contributed by atoms with Crippen LogP contribution >= 0.6 is 11.8 Å². The third kappa shape index (κ3) is 4.43. The van der Waals surface area contributed by atoms with Crippen molar-refractivity contribution < 1.29 is 14.3 Å². The molecule has 6 heteroatoms. The molecule has 0 aliphatic carbocycles. The molecule has 1 atom stereocenters. The third-order valence-electron chi connectivity index (χ3n) is 5.16. The van der Waals surface area contributed by atoms with Gasteiger partial charge in [0.25, 0.3) is 0 Å². The number of ether oxygens (including phenoxy) is 1. The first-order chi connectivity index (χ1) is 13.5. The normalized spacial score (nSPS) is 16.6. The second-order valence-electron chi connectivity index (χ2n) is 7.25. The van der Waals surface area contributed by atoms with Crippen molar-refractivity contribution >= 4 is 40.1 Å². The predicted molar refractivity (Wildman–Crippen MR) is 116 cm³/mol. The Morgan fingerprint density at radius 1 is 1.14 bits per heavy atom. The van der Waals surface area contributed by atoms with E-state index in [4.69, 9.17) is 0 Å². The summed E-state index contributed by atoms with van der Waals surface area (Å²) in [5, 5.41) is 2.47. The first kappa shape index (κ1) is 20.5. The van der Waals surface area contributed by atoms with E-state index in [1.54, 1.807) is 11.8 Å². The maximum atomic E-state index is 12.5. The number of amides is 1. The summed E-state index contributed by atoms with van der Waals surface area (Å²) in [4.78, 5) is 27.9. The summed E-state index contributed by atoms with van der Waals surface area (Å²) in [6.45, 7) is 0.724. The minimum Gasteiger partial charge on any atom is -0.469 e. The maximum absolute atomic E-state index is 12.5. The molecule has 0 saturated carbocycles. The van der Waals surface area contributed by atoms with Gasteiger partial charge < -0.3 is 14.5 Å². The zero-order valence-corrected chi connectivity index (χ0v) is 17.6. The van der Waals surface area contributed by atoms with Crippen LogP contribution in [-0.2, 0) is 14.3 Å². The number of hydrogen-bond donors (Lipinski definition) is 0. The van der Waals surface area contributed by atoms with Crippen molar-refractivity contribution in [2.75, 3.05) is 38.4 Å². The molecule has 1 heterocycles. The number of anilines is 1. The van der Waals surface area contributed by atoms with Gasteiger partial charge in [-0.05, 0) is 29.9 Å². The number of methoxy groups -OCH3 is 1. The van der Waals surface area contributed by atoms with Gasteiger partial charge in [0.05, 0.1) is 12.9 Å². The van der Waals surface area contributed by atoms with E-state index >= 15 is 0 Å². The molecular formula is C22H28N2O3S. The lowest BCUT2D eigenvalue weighted by molar-refractivity contribution is -0.140. The number of carbonyl (C=O) groups is 2. The molecule has 2 aromatic carbocycles. The second-order valence-corrected chi connectivity index (χ2v) is 8.32. The number of fused-ring (bicyclic) bond motifs is 1. The highest BCUT2D eigenvalue weighted by atomic mass is 32.2. The summed E-state index contributed by atoms with van der Waals surface area (Å²) in [5.74, 6) is 0.554. The van der Waals surface area contributed by atoms with Gasteiger partial charge in [-0.25, -0.2) is 0 Å². The Bertz CT molecular complexity index is 853. The lowest BCUT2D eigenvalue weighted by Gasteiger charge is -2.26. The highest BCUT2D eigenvalue weighted by Gasteiger charge is 2.33. The molecule has 0 spiro atoms. The zero-order chi connectivity index (χ0) is 20.1. The molecule has 0 radical (unpaired) electrons. The number of esters is 1. The fourth-order valence-electron chi connectivity index (χ4n) is 3.70. The van der Waals surface area contributed by atoms with Crippen LogP contribution in [0.1, 0.15) is 36.6 Å². The third-order valence-corrected chi connectivity index (χ3v) is 6.40. The summed E-state index contributed by atoms with van der Waals surface area (Å²) >= 11 is 1.70. The average Bonchev–Trinajstić information content (AvgIpc) is 3.06. The molecule has 0 N–H and O–H groups in total. The summed E-state index contributed by atoms with van der Waals surface area (Å²) in [7, 11) is 5.52. The monoisotopic (exact) mass is 400 g/mol. The van der Waals surface area contributed by atoms with Crippen molar-refractivity contribution in [1.82, 2.24) is 4.90 Å². The Kier molecular flexibility index (Phi) is 6.83. The maximum Gasteiger partial charge on any atom is 0.305 e. The molecule has 1 fully saturated rings. The molecule has 1 saturated heterocycles. The van der Waals surface area contributed by atoms with Gasteiger partial charge >= 0.3 is 5.97 Å². The quantitative estimate of drug-likeness (QED) is 0.491. The second kappa shape index (κ2) is 9.32. The van der Waals surface area contributed by atoms with Crippen LogP contribution in [-0.4, -0.2) is 50.3 Å². The molecule has 3 rings (SSSR count). The van der Waals surface area contributed by atoms with Crippen LogP contribution in [0.3, 0.4) is 0 Å². The molecule has 1 amide bonds. The van der Waals surface area contributed by atoms with E-state index in [9.17, 15) is 9.59 Å². The molecule has 28 heavy (non-hydrogen) atoms. The number of carbonyl (C=O) groups excluding carboxylic acids is 2. The van der Waals surface area contributed by atoms with Crippen LogP contribution in [0.5, 0.6) is 0 Å². The first-order valence-electron chi connectivity index (χ1n) is 9.69. The SMILES string of the molecule is COC(=O)CCCCCN1C(=O)CSC1c1ccc(N(C)C)c2ccccc12. The molecule has 2 aromatic rings. The molecule has 150 valence electrons. The Balaban J connectivity index is 1.76. The lowest BCUT2D eigenvalue weighted by Crippen LogP contribution is -2.29. The topological polar surface area (TPSA) is 49.9 Å². The van der Waals surface area contributed by atoms with E-state index in [2.05, 4.69) is 60.1 Å².